The number of oxazole rings is 1. The molecule has 3 aromatic heterocycles. The molecule has 5 aromatic rings. The van der Waals surface area contributed by atoms with Crippen LogP contribution in [-0.4, -0.2) is 24.7 Å². The number of nitrogens with two attached hydrogens (primary N) is 1. The third-order valence-corrected chi connectivity index (χ3v) is 5.97. The molecule has 10 heteroatoms. The predicted molar refractivity (Wildman–Crippen MR) is 134 cm³/mol. The molecule has 0 atom stereocenters. The van der Waals surface area contributed by atoms with Crippen molar-refractivity contribution in [1.29, 1.82) is 5.26 Å². The largest absolute Gasteiger partial charge is 0.457 e. The summed E-state index contributed by atoms with van der Waals surface area (Å²) in [6, 6.07) is 15.8. The number of allylic oxidation sites excluding steroid dienone is 2. The van der Waals surface area contributed by atoms with Crippen LogP contribution in [0.3, 0.4) is 0 Å². The van der Waals surface area contributed by atoms with Crippen molar-refractivity contribution in [3.05, 3.63) is 84.6 Å². The van der Waals surface area contributed by atoms with Crippen LogP contribution < -0.4 is 10.5 Å². The molecule has 0 saturated heterocycles. The first-order valence-corrected chi connectivity index (χ1v) is 11.7. The van der Waals surface area contributed by atoms with Gasteiger partial charge in [-0.05, 0) is 43.0 Å². The number of ether oxygens (including phenoxy) is 1. The van der Waals surface area contributed by atoms with Crippen molar-refractivity contribution >= 4 is 22.4 Å². The van der Waals surface area contributed by atoms with Crippen molar-refractivity contribution in [3.63, 3.8) is 0 Å². The molecule has 2 N–H and O–H groups in total. The van der Waals surface area contributed by atoms with E-state index in [1.54, 1.807) is 35.1 Å². The highest BCUT2D eigenvalue weighted by atomic mass is 19.1. The van der Waals surface area contributed by atoms with E-state index in [1.807, 2.05) is 24.3 Å². The number of hydrogen-bond acceptors (Lipinski definition) is 8. The molecule has 182 valence electrons. The molecule has 0 amide bonds. The molecular formula is C27H20FN7O2. The van der Waals surface area contributed by atoms with E-state index in [1.165, 1.54) is 12.4 Å². The van der Waals surface area contributed by atoms with Crippen molar-refractivity contribution in [2.45, 2.75) is 19.4 Å². The Morgan fingerprint density at radius 1 is 1.16 bits per heavy atom. The summed E-state index contributed by atoms with van der Waals surface area (Å²) >= 11 is 0. The SMILES string of the molecule is N#CC(=CC1CC1)c1ncc(Cn2nc(-c3ccc(Oc4ccccc4)cc3F)c3c(N)ncnc32)o1. The first kappa shape index (κ1) is 22.4. The number of aromatic nitrogens is 5. The van der Waals surface area contributed by atoms with Gasteiger partial charge >= 0.3 is 0 Å². The van der Waals surface area contributed by atoms with Crippen LogP contribution in [0.4, 0.5) is 10.2 Å². The summed E-state index contributed by atoms with van der Waals surface area (Å²) in [5.74, 6) is 1.72. The second-order valence-electron chi connectivity index (χ2n) is 8.68. The lowest BCUT2D eigenvalue weighted by Crippen LogP contribution is -2.02. The number of anilines is 1. The molecule has 0 radical (unpaired) electrons. The summed E-state index contributed by atoms with van der Waals surface area (Å²) in [4.78, 5) is 12.7. The number of halogens is 1. The topological polar surface area (TPSA) is 129 Å². The van der Waals surface area contributed by atoms with E-state index in [2.05, 4.69) is 26.1 Å². The van der Waals surface area contributed by atoms with Crippen molar-refractivity contribution in [3.8, 4) is 28.8 Å². The number of benzene rings is 2. The quantitative estimate of drug-likeness (QED) is 0.300. The van der Waals surface area contributed by atoms with Gasteiger partial charge in [-0.2, -0.15) is 10.4 Å². The molecule has 0 aliphatic heterocycles. The molecule has 0 bridgehead atoms. The van der Waals surface area contributed by atoms with Gasteiger partial charge in [0, 0.05) is 11.6 Å². The zero-order chi connectivity index (χ0) is 25.4. The van der Waals surface area contributed by atoms with Gasteiger partial charge in [0.1, 0.15) is 59.1 Å². The fourth-order valence-corrected chi connectivity index (χ4v) is 4.01. The zero-order valence-corrected chi connectivity index (χ0v) is 19.5. The summed E-state index contributed by atoms with van der Waals surface area (Å²) in [5, 5.41) is 14.5. The Labute approximate surface area is 210 Å². The summed E-state index contributed by atoms with van der Waals surface area (Å²) in [7, 11) is 0. The molecule has 3 heterocycles. The average molecular weight is 494 g/mol. The minimum Gasteiger partial charge on any atom is -0.457 e. The second kappa shape index (κ2) is 9.20. The monoisotopic (exact) mass is 493 g/mol. The third kappa shape index (κ3) is 4.50. The van der Waals surface area contributed by atoms with E-state index in [4.69, 9.17) is 14.9 Å². The lowest BCUT2D eigenvalue weighted by atomic mass is 10.1. The molecule has 37 heavy (non-hydrogen) atoms. The standard InChI is InChI=1S/C27H20FN7O2/c28-22-11-19(36-18-4-2-1-3-5-18)8-9-21(22)24-23-25(30)32-15-33-26(23)35(34-24)14-20-13-31-27(37-20)17(12-29)10-16-6-7-16/h1-5,8-11,13,15-16H,6-7,14H2,(H2,30,32,33). The van der Waals surface area contributed by atoms with Crippen LogP contribution in [-0.2, 0) is 6.54 Å². The summed E-state index contributed by atoms with van der Waals surface area (Å²) in [5.41, 5.74) is 7.51. The zero-order valence-electron chi connectivity index (χ0n) is 19.5. The molecule has 6 rings (SSSR count). The Balaban J connectivity index is 1.34. The lowest BCUT2D eigenvalue weighted by Gasteiger charge is -2.07. The van der Waals surface area contributed by atoms with Gasteiger partial charge in [-0.25, -0.2) is 24.0 Å². The smallest absolute Gasteiger partial charge is 0.236 e. The third-order valence-electron chi connectivity index (χ3n) is 5.97. The van der Waals surface area contributed by atoms with Gasteiger partial charge in [0.05, 0.1) is 11.6 Å². The molecule has 1 saturated carbocycles. The Bertz CT molecular complexity index is 1680. The van der Waals surface area contributed by atoms with Gasteiger partial charge in [0.2, 0.25) is 5.89 Å². The normalized spacial score (nSPS) is 13.6. The fourth-order valence-electron chi connectivity index (χ4n) is 4.01. The van der Waals surface area contributed by atoms with Crippen LogP contribution in [0.25, 0.3) is 27.9 Å². The van der Waals surface area contributed by atoms with Crippen LogP contribution >= 0.6 is 0 Å². The molecule has 1 aliphatic rings. The van der Waals surface area contributed by atoms with Gasteiger partial charge in [-0.15, -0.1) is 0 Å². The highest BCUT2D eigenvalue weighted by molar-refractivity contribution is 5.98. The van der Waals surface area contributed by atoms with Crippen molar-refractivity contribution in [2.75, 3.05) is 5.73 Å². The van der Waals surface area contributed by atoms with E-state index >= 15 is 4.39 Å². The highest BCUT2D eigenvalue weighted by Crippen LogP contribution is 2.35. The molecule has 0 unspecified atom stereocenters. The number of nitrogens with zero attached hydrogens (tertiary/aromatic N) is 6. The van der Waals surface area contributed by atoms with Gasteiger partial charge < -0.3 is 14.9 Å². The molecule has 1 fully saturated rings. The van der Waals surface area contributed by atoms with E-state index in [0.717, 1.165) is 12.8 Å². The van der Waals surface area contributed by atoms with E-state index < -0.39 is 5.82 Å². The van der Waals surface area contributed by atoms with Crippen LogP contribution in [0.15, 0.2) is 71.5 Å². The van der Waals surface area contributed by atoms with Crippen LogP contribution in [0, 0.1) is 23.1 Å². The summed E-state index contributed by atoms with van der Waals surface area (Å²) in [6.07, 6.45) is 6.89. The first-order chi connectivity index (χ1) is 18.1. The minimum absolute atomic E-state index is 0.152. The first-order valence-electron chi connectivity index (χ1n) is 11.7. The van der Waals surface area contributed by atoms with Gasteiger partial charge in [0.25, 0.3) is 0 Å². The van der Waals surface area contributed by atoms with Crippen LogP contribution in [0.1, 0.15) is 24.5 Å². The van der Waals surface area contributed by atoms with Crippen molar-refractivity contribution < 1.29 is 13.5 Å². The second-order valence-corrected chi connectivity index (χ2v) is 8.68. The molecular weight excluding hydrogens is 473 g/mol. The van der Waals surface area contributed by atoms with Gasteiger partial charge in [-0.3, -0.25) is 0 Å². The Hall–Kier alpha value is -5.04. The van der Waals surface area contributed by atoms with Crippen LogP contribution in [0.5, 0.6) is 11.5 Å². The van der Waals surface area contributed by atoms with Gasteiger partial charge in [0.15, 0.2) is 5.65 Å². The number of fused-ring (bicyclic) bond motifs is 1. The maximum atomic E-state index is 15.3. The van der Waals surface area contributed by atoms with E-state index in [9.17, 15) is 5.26 Å². The number of para-hydroxylation sites is 1. The Kier molecular flexibility index (Phi) is 5.58. The average Bonchev–Trinajstić information content (AvgIpc) is 3.48. The van der Waals surface area contributed by atoms with Crippen molar-refractivity contribution in [1.82, 2.24) is 24.7 Å². The number of nitrogen functional groups attached to an aromatic ring is 1. The molecule has 2 aromatic carbocycles. The molecule has 1 aliphatic carbocycles. The number of hydrogen-bond donors (Lipinski definition) is 1. The number of rotatable bonds is 7. The fraction of sp³-hybridized carbons (Fsp3) is 0.148. The molecule has 0 spiro atoms. The Morgan fingerprint density at radius 3 is 2.76 bits per heavy atom. The minimum atomic E-state index is -0.533. The van der Waals surface area contributed by atoms with Gasteiger partial charge in [-0.1, -0.05) is 24.3 Å². The maximum absolute atomic E-state index is 15.3. The maximum Gasteiger partial charge on any atom is 0.236 e. The highest BCUT2D eigenvalue weighted by Gasteiger charge is 2.23. The number of nitriles is 1. The molecule has 9 nitrogen and oxygen atoms in total. The Morgan fingerprint density at radius 2 is 2.00 bits per heavy atom. The summed E-state index contributed by atoms with van der Waals surface area (Å²) in [6.45, 7) is 0.152. The predicted octanol–water partition coefficient (Wildman–Crippen LogP) is 5.36. The lowest BCUT2D eigenvalue weighted by molar-refractivity contribution is 0.470. The summed E-state index contributed by atoms with van der Waals surface area (Å²) < 4.78 is 28.4. The van der Waals surface area contributed by atoms with Crippen molar-refractivity contribution in [2.24, 2.45) is 5.92 Å². The van der Waals surface area contributed by atoms with E-state index in [0.29, 0.717) is 45.5 Å². The van der Waals surface area contributed by atoms with Crippen LogP contribution in [0.2, 0.25) is 0 Å². The van der Waals surface area contributed by atoms with E-state index in [-0.39, 0.29) is 23.8 Å².